The molecule has 96 valence electrons. The van der Waals surface area contributed by atoms with Crippen LogP contribution in [0.25, 0.3) is 0 Å². The molecule has 0 saturated carbocycles. The summed E-state index contributed by atoms with van der Waals surface area (Å²) in [4.78, 5) is 27.4. The Balaban J connectivity index is 2.22. The molecule has 18 heavy (non-hydrogen) atoms. The van der Waals surface area contributed by atoms with Gasteiger partial charge in [0.15, 0.2) is 0 Å². The lowest BCUT2D eigenvalue weighted by Crippen LogP contribution is -2.40. The lowest BCUT2D eigenvalue weighted by atomic mass is 10.2. The van der Waals surface area contributed by atoms with E-state index in [4.69, 9.17) is 5.11 Å². The zero-order valence-corrected chi connectivity index (χ0v) is 9.28. The molecular formula is C11H11FN2O4. The summed E-state index contributed by atoms with van der Waals surface area (Å²) in [5, 5.41) is 18.4. The fraction of sp³-hybridized carbons (Fsp3) is 0.364. The number of aromatic nitrogens is 1. The van der Waals surface area contributed by atoms with Crippen molar-refractivity contribution in [2.24, 2.45) is 0 Å². The Morgan fingerprint density at radius 1 is 1.44 bits per heavy atom. The summed E-state index contributed by atoms with van der Waals surface area (Å²) in [5.74, 6) is -2.47. The fourth-order valence-corrected chi connectivity index (χ4v) is 1.94. The van der Waals surface area contributed by atoms with Crippen LogP contribution in [-0.4, -0.2) is 50.7 Å². The number of hydrogen-bond acceptors (Lipinski definition) is 4. The number of aliphatic hydroxyl groups excluding tert-OH is 1. The number of likely N-dealkylation sites (tertiary alicyclic amines) is 1. The van der Waals surface area contributed by atoms with Crippen LogP contribution in [0, 0.1) is 5.95 Å². The van der Waals surface area contributed by atoms with Crippen molar-refractivity contribution in [2.45, 2.75) is 18.6 Å². The van der Waals surface area contributed by atoms with E-state index in [-0.39, 0.29) is 18.5 Å². The number of carboxylic acids is 1. The predicted octanol–water partition coefficient (Wildman–Crippen LogP) is -0.119. The van der Waals surface area contributed by atoms with Crippen LogP contribution in [0.4, 0.5) is 4.39 Å². The van der Waals surface area contributed by atoms with Crippen LogP contribution in [0.2, 0.25) is 0 Å². The van der Waals surface area contributed by atoms with Gasteiger partial charge in [-0.15, -0.1) is 0 Å². The number of nitrogens with zero attached hydrogens (tertiary/aromatic N) is 2. The Bertz CT molecular complexity index is 476. The van der Waals surface area contributed by atoms with Gasteiger partial charge in [0.1, 0.15) is 6.04 Å². The van der Waals surface area contributed by atoms with Gasteiger partial charge in [-0.25, -0.2) is 9.78 Å². The van der Waals surface area contributed by atoms with Gasteiger partial charge in [-0.2, -0.15) is 4.39 Å². The standard InChI is InChI=1S/C11H11FN2O4/c12-9-2-1-6(4-13-9)10(16)14-5-7(15)3-8(14)11(17)18/h1-2,4,7-8,15H,3,5H2,(H,17,18)/t7?,8-/m0/s1. The maximum absolute atomic E-state index is 12.6. The average Bonchev–Trinajstić information content (AvgIpc) is 2.71. The lowest BCUT2D eigenvalue weighted by molar-refractivity contribution is -0.141. The molecule has 1 aliphatic heterocycles. The number of aliphatic hydroxyl groups is 1. The molecule has 1 aliphatic rings. The Morgan fingerprint density at radius 2 is 2.17 bits per heavy atom. The number of carboxylic acid groups (broad SMARTS) is 1. The topological polar surface area (TPSA) is 90.7 Å². The van der Waals surface area contributed by atoms with E-state index in [0.717, 1.165) is 17.2 Å². The molecule has 1 amide bonds. The van der Waals surface area contributed by atoms with E-state index in [2.05, 4.69) is 4.98 Å². The molecule has 0 aromatic carbocycles. The largest absolute Gasteiger partial charge is 0.480 e. The van der Waals surface area contributed by atoms with E-state index in [9.17, 15) is 19.1 Å². The summed E-state index contributed by atoms with van der Waals surface area (Å²) in [7, 11) is 0. The molecule has 0 bridgehead atoms. The summed E-state index contributed by atoms with van der Waals surface area (Å²) < 4.78 is 12.6. The van der Waals surface area contributed by atoms with Crippen LogP contribution in [0.15, 0.2) is 18.3 Å². The third-order valence-corrected chi connectivity index (χ3v) is 2.80. The zero-order valence-electron chi connectivity index (χ0n) is 9.28. The van der Waals surface area contributed by atoms with E-state index >= 15 is 0 Å². The van der Waals surface area contributed by atoms with Crippen molar-refractivity contribution in [1.29, 1.82) is 0 Å². The Hall–Kier alpha value is -2.02. The van der Waals surface area contributed by atoms with Gasteiger partial charge in [-0.05, 0) is 12.1 Å². The Morgan fingerprint density at radius 3 is 2.72 bits per heavy atom. The maximum Gasteiger partial charge on any atom is 0.326 e. The number of aliphatic carboxylic acids is 1. The highest BCUT2D eigenvalue weighted by Gasteiger charge is 2.39. The Kier molecular flexibility index (Phi) is 3.24. The second-order valence-electron chi connectivity index (χ2n) is 4.07. The van der Waals surface area contributed by atoms with E-state index in [1.54, 1.807) is 0 Å². The number of β-amino-alcohol motifs (C(OH)–C–C–N with tert-alkyl or cyclic N) is 1. The predicted molar refractivity (Wildman–Crippen MR) is 57.3 cm³/mol. The Labute approximate surface area is 102 Å². The molecule has 1 aromatic heterocycles. The van der Waals surface area contributed by atoms with E-state index in [0.29, 0.717) is 0 Å². The zero-order chi connectivity index (χ0) is 13.3. The van der Waals surface area contributed by atoms with Gasteiger partial charge in [-0.3, -0.25) is 4.79 Å². The molecular weight excluding hydrogens is 243 g/mol. The van der Waals surface area contributed by atoms with Crippen LogP contribution in [-0.2, 0) is 4.79 Å². The van der Waals surface area contributed by atoms with Crippen molar-refractivity contribution in [3.63, 3.8) is 0 Å². The number of pyridine rings is 1. The summed E-state index contributed by atoms with van der Waals surface area (Å²) >= 11 is 0. The number of halogens is 1. The molecule has 0 aliphatic carbocycles. The van der Waals surface area contributed by atoms with Crippen molar-refractivity contribution in [3.05, 3.63) is 29.8 Å². The van der Waals surface area contributed by atoms with Gasteiger partial charge in [-0.1, -0.05) is 0 Å². The van der Waals surface area contributed by atoms with Gasteiger partial charge < -0.3 is 15.1 Å². The summed E-state index contributed by atoms with van der Waals surface area (Å²) in [6.45, 7) is -0.0484. The minimum absolute atomic E-state index is 0.00427. The lowest BCUT2D eigenvalue weighted by Gasteiger charge is -2.20. The number of carbonyl (C=O) groups is 2. The van der Waals surface area contributed by atoms with Crippen LogP contribution in [0.1, 0.15) is 16.8 Å². The highest BCUT2D eigenvalue weighted by molar-refractivity contribution is 5.96. The minimum Gasteiger partial charge on any atom is -0.480 e. The van der Waals surface area contributed by atoms with Crippen LogP contribution >= 0.6 is 0 Å². The molecule has 0 spiro atoms. The number of carbonyl (C=O) groups excluding carboxylic acids is 1. The average molecular weight is 254 g/mol. The first kappa shape index (κ1) is 12.4. The first-order valence-electron chi connectivity index (χ1n) is 5.32. The molecule has 0 radical (unpaired) electrons. The quantitative estimate of drug-likeness (QED) is 0.718. The first-order valence-corrected chi connectivity index (χ1v) is 5.32. The third-order valence-electron chi connectivity index (χ3n) is 2.80. The van der Waals surface area contributed by atoms with Gasteiger partial charge in [0.2, 0.25) is 5.95 Å². The van der Waals surface area contributed by atoms with Crippen LogP contribution in [0.3, 0.4) is 0 Å². The second kappa shape index (κ2) is 4.69. The van der Waals surface area contributed by atoms with Crippen molar-refractivity contribution >= 4 is 11.9 Å². The van der Waals surface area contributed by atoms with Gasteiger partial charge in [0, 0.05) is 19.2 Å². The fourth-order valence-electron chi connectivity index (χ4n) is 1.94. The molecule has 2 atom stereocenters. The van der Waals surface area contributed by atoms with E-state index in [1.807, 2.05) is 0 Å². The summed E-state index contributed by atoms with van der Waals surface area (Å²) in [5.41, 5.74) is 0.0942. The van der Waals surface area contributed by atoms with Crippen molar-refractivity contribution in [2.75, 3.05) is 6.54 Å². The normalized spacial score (nSPS) is 23.1. The molecule has 7 heteroatoms. The molecule has 1 fully saturated rings. The van der Waals surface area contributed by atoms with Crippen LogP contribution < -0.4 is 0 Å². The third kappa shape index (κ3) is 2.30. The van der Waals surface area contributed by atoms with Gasteiger partial charge in [0.05, 0.1) is 11.7 Å². The van der Waals surface area contributed by atoms with Crippen molar-refractivity contribution < 1.29 is 24.2 Å². The molecule has 2 N–H and O–H groups in total. The monoisotopic (exact) mass is 254 g/mol. The highest BCUT2D eigenvalue weighted by atomic mass is 19.1. The van der Waals surface area contributed by atoms with Crippen molar-refractivity contribution in [1.82, 2.24) is 9.88 Å². The number of amides is 1. The molecule has 2 heterocycles. The number of rotatable bonds is 2. The van der Waals surface area contributed by atoms with E-state index in [1.165, 1.54) is 6.07 Å². The van der Waals surface area contributed by atoms with Gasteiger partial charge in [0.25, 0.3) is 5.91 Å². The number of hydrogen-bond donors (Lipinski definition) is 2. The smallest absolute Gasteiger partial charge is 0.326 e. The highest BCUT2D eigenvalue weighted by Crippen LogP contribution is 2.20. The SMILES string of the molecule is O=C(O)[C@@H]1CC(O)CN1C(=O)c1ccc(F)nc1. The second-order valence-corrected chi connectivity index (χ2v) is 4.07. The van der Waals surface area contributed by atoms with E-state index < -0.39 is 30.0 Å². The molecule has 1 unspecified atom stereocenters. The molecule has 1 aromatic rings. The van der Waals surface area contributed by atoms with Crippen LogP contribution in [0.5, 0.6) is 0 Å². The van der Waals surface area contributed by atoms with Gasteiger partial charge >= 0.3 is 5.97 Å². The first-order chi connectivity index (χ1) is 8.49. The summed E-state index contributed by atoms with van der Waals surface area (Å²) in [6, 6.07) is 1.20. The summed E-state index contributed by atoms with van der Waals surface area (Å²) in [6.07, 6.45) is 0.181. The molecule has 6 nitrogen and oxygen atoms in total. The maximum atomic E-state index is 12.6. The van der Waals surface area contributed by atoms with Crippen molar-refractivity contribution in [3.8, 4) is 0 Å². The minimum atomic E-state index is -1.17. The molecule has 2 rings (SSSR count). The molecule has 1 saturated heterocycles.